The van der Waals surface area contributed by atoms with Crippen molar-refractivity contribution in [3.05, 3.63) is 64.1 Å². The minimum atomic E-state index is -0.296. The molecule has 1 saturated heterocycles. The fourth-order valence-corrected chi connectivity index (χ4v) is 3.77. The lowest BCUT2D eigenvalue weighted by atomic mass is 10.1. The number of para-hydroxylation sites is 1. The number of carbonyl (C=O) groups is 2. The average Bonchev–Trinajstić information content (AvgIpc) is 2.90. The topological polar surface area (TPSA) is 55.8 Å². The van der Waals surface area contributed by atoms with Crippen molar-refractivity contribution in [2.24, 2.45) is 0 Å². The van der Waals surface area contributed by atoms with Crippen LogP contribution in [0.1, 0.15) is 30.5 Å². The number of rotatable bonds is 6. The summed E-state index contributed by atoms with van der Waals surface area (Å²) in [6.07, 6.45) is 1.64. The fourth-order valence-electron chi connectivity index (χ4n) is 2.94. The van der Waals surface area contributed by atoms with E-state index in [2.05, 4.69) is 0 Å². The van der Waals surface area contributed by atoms with Crippen LogP contribution in [0.4, 0.5) is 4.79 Å². The maximum absolute atomic E-state index is 12.8. The van der Waals surface area contributed by atoms with Gasteiger partial charge in [-0.2, -0.15) is 0 Å². The quantitative estimate of drug-likeness (QED) is 0.640. The second-order valence-electron chi connectivity index (χ2n) is 6.80. The zero-order chi connectivity index (χ0) is 20.3. The van der Waals surface area contributed by atoms with Crippen LogP contribution in [-0.4, -0.2) is 29.3 Å². The third-order valence-corrected chi connectivity index (χ3v) is 5.07. The first-order valence-electron chi connectivity index (χ1n) is 9.03. The number of methoxy groups -OCH3 is 1. The monoisotopic (exact) mass is 397 g/mol. The van der Waals surface area contributed by atoms with E-state index < -0.39 is 0 Å². The Labute approximate surface area is 169 Å². The Morgan fingerprint density at radius 2 is 1.89 bits per heavy atom. The minimum Gasteiger partial charge on any atom is -0.493 e. The highest BCUT2D eigenvalue weighted by atomic mass is 32.2. The zero-order valence-electron chi connectivity index (χ0n) is 16.4. The Morgan fingerprint density at radius 1 is 1.14 bits per heavy atom. The lowest BCUT2D eigenvalue weighted by Gasteiger charge is -2.16. The van der Waals surface area contributed by atoms with Crippen molar-refractivity contribution in [3.63, 3.8) is 0 Å². The standard InChI is InChI=1S/C22H23NO4S/c1-14(2)27-20-17(9-6-10-18(20)26-4)12-19-21(24)23(22(25)28-19)13-16-8-5-7-15(3)11-16/h5-12,14H,13H2,1-4H3/b19-12-. The maximum Gasteiger partial charge on any atom is 0.293 e. The predicted molar refractivity (Wildman–Crippen MR) is 111 cm³/mol. The summed E-state index contributed by atoms with van der Waals surface area (Å²) in [6, 6.07) is 13.3. The molecule has 1 aliphatic heterocycles. The molecule has 0 aromatic heterocycles. The molecule has 3 rings (SSSR count). The Morgan fingerprint density at radius 3 is 2.57 bits per heavy atom. The number of benzene rings is 2. The summed E-state index contributed by atoms with van der Waals surface area (Å²) >= 11 is 0.943. The molecule has 146 valence electrons. The Balaban J connectivity index is 1.90. The molecule has 2 aromatic rings. The Hall–Kier alpha value is -2.73. The van der Waals surface area contributed by atoms with Crippen molar-refractivity contribution >= 4 is 29.0 Å². The van der Waals surface area contributed by atoms with Gasteiger partial charge in [-0.25, -0.2) is 0 Å². The number of aryl methyl sites for hydroxylation is 1. The molecule has 0 aliphatic carbocycles. The van der Waals surface area contributed by atoms with Crippen LogP contribution in [0.5, 0.6) is 11.5 Å². The van der Waals surface area contributed by atoms with Gasteiger partial charge in [0.25, 0.3) is 11.1 Å². The highest BCUT2D eigenvalue weighted by Gasteiger charge is 2.35. The molecule has 0 atom stereocenters. The van der Waals surface area contributed by atoms with Gasteiger partial charge in [0.1, 0.15) is 0 Å². The van der Waals surface area contributed by atoms with Gasteiger partial charge in [0.15, 0.2) is 11.5 Å². The average molecular weight is 397 g/mol. The van der Waals surface area contributed by atoms with Crippen LogP contribution in [0.2, 0.25) is 0 Å². The Bertz CT molecular complexity index is 936. The molecular weight excluding hydrogens is 374 g/mol. The second-order valence-corrected chi connectivity index (χ2v) is 7.80. The van der Waals surface area contributed by atoms with Gasteiger partial charge in [-0.05, 0) is 50.2 Å². The van der Waals surface area contributed by atoms with E-state index in [9.17, 15) is 9.59 Å². The van der Waals surface area contributed by atoms with Gasteiger partial charge in [-0.15, -0.1) is 0 Å². The van der Waals surface area contributed by atoms with Gasteiger partial charge in [0.2, 0.25) is 0 Å². The molecule has 1 aliphatic rings. The van der Waals surface area contributed by atoms with E-state index in [1.807, 2.05) is 57.2 Å². The first-order valence-corrected chi connectivity index (χ1v) is 9.85. The van der Waals surface area contributed by atoms with E-state index in [1.54, 1.807) is 19.3 Å². The van der Waals surface area contributed by atoms with Crippen molar-refractivity contribution in [1.29, 1.82) is 0 Å². The summed E-state index contributed by atoms with van der Waals surface area (Å²) in [5, 5.41) is -0.271. The molecule has 0 N–H and O–H groups in total. The van der Waals surface area contributed by atoms with E-state index in [0.29, 0.717) is 22.0 Å². The van der Waals surface area contributed by atoms with Crippen LogP contribution < -0.4 is 9.47 Å². The maximum atomic E-state index is 12.8. The first kappa shape index (κ1) is 20.0. The van der Waals surface area contributed by atoms with Gasteiger partial charge in [-0.3, -0.25) is 14.5 Å². The molecule has 0 bridgehead atoms. The molecule has 28 heavy (non-hydrogen) atoms. The summed E-state index contributed by atoms with van der Waals surface area (Å²) < 4.78 is 11.3. The van der Waals surface area contributed by atoms with Gasteiger partial charge < -0.3 is 9.47 Å². The number of nitrogens with zero attached hydrogens (tertiary/aromatic N) is 1. The first-order chi connectivity index (χ1) is 13.4. The van der Waals surface area contributed by atoms with Crippen LogP contribution in [0.15, 0.2) is 47.4 Å². The molecule has 0 unspecified atom stereocenters. The Kier molecular flexibility index (Phi) is 6.09. The fraction of sp³-hybridized carbons (Fsp3) is 0.273. The van der Waals surface area contributed by atoms with Crippen molar-refractivity contribution < 1.29 is 19.1 Å². The third-order valence-electron chi connectivity index (χ3n) is 4.17. The lowest BCUT2D eigenvalue weighted by Crippen LogP contribution is -2.27. The summed E-state index contributed by atoms with van der Waals surface area (Å²) in [7, 11) is 1.57. The van der Waals surface area contributed by atoms with E-state index in [0.717, 1.165) is 22.9 Å². The SMILES string of the molecule is COc1cccc(/C=C2\SC(=O)N(Cc3cccc(C)c3)C2=O)c1OC(C)C. The van der Waals surface area contributed by atoms with E-state index in [4.69, 9.17) is 9.47 Å². The van der Waals surface area contributed by atoms with Crippen LogP contribution in [0.3, 0.4) is 0 Å². The number of hydrogen-bond donors (Lipinski definition) is 0. The summed E-state index contributed by atoms with van der Waals surface area (Å²) in [5.74, 6) is 0.849. The van der Waals surface area contributed by atoms with Gasteiger partial charge in [-0.1, -0.05) is 42.0 Å². The molecule has 1 fully saturated rings. The third kappa shape index (κ3) is 4.39. The molecular formula is C22H23NO4S. The second kappa shape index (κ2) is 8.52. The van der Waals surface area contributed by atoms with Crippen molar-refractivity contribution in [2.45, 2.75) is 33.4 Å². The molecule has 2 amide bonds. The van der Waals surface area contributed by atoms with Crippen molar-refractivity contribution in [1.82, 2.24) is 4.90 Å². The number of amides is 2. The molecule has 5 nitrogen and oxygen atoms in total. The van der Waals surface area contributed by atoms with Gasteiger partial charge in [0.05, 0.1) is 24.7 Å². The highest BCUT2D eigenvalue weighted by molar-refractivity contribution is 8.18. The van der Waals surface area contributed by atoms with Crippen LogP contribution >= 0.6 is 11.8 Å². The molecule has 0 saturated carbocycles. The largest absolute Gasteiger partial charge is 0.493 e. The molecule has 0 spiro atoms. The number of carbonyl (C=O) groups excluding carboxylic acids is 2. The molecule has 6 heteroatoms. The van der Waals surface area contributed by atoms with Crippen LogP contribution in [0.25, 0.3) is 6.08 Å². The summed E-state index contributed by atoms with van der Waals surface area (Å²) in [5.41, 5.74) is 2.72. The molecule has 2 aromatic carbocycles. The minimum absolute atomic E-state index is 0.0557. The van der Waals surface area contributed by atoms with Crippen LogP contribution in [0, 0.1) is 6.92 Å². The molecule has 0 radical (unpaired) electrons. The smallest absolute Gasteiger partial charge is 0.293 e. The predicted octanol–water partition coefficient (Wildman–Crippen LogP) is 5.03. The summed E-state index contributed by atoms with van der Waals surface area (Å²) in [6.45, 7) is 6.09. The van der Waals surface area contributed by atoms with Crippen LogP contribution in [-0.2, 0) is 11.3 Å². The van der Waals surface area contributed by atoms with E-state index >= 15 is 0 Å². The summed E-state index contributed by atoms with van der Waals surface area (Å²) in [4.78, 5) is 26.9. The molecule has 1 heterocycles. The highest BCUT2D eigenvalue weighted by Crippen LogP contribution is 2.38. The van der Waals surface area contributed by atoms with Gasteiger partial charge in [0, 0.05) is 5.56 Å². The van der Waals surface area contributed by atoms with E-state index in [1.165, 1.54) is 4.90 Å². The normalized spacial score (nSPS) is 15.6. The number of imide groups is 1. The van der Waals surface area contributed by atoms with E-state index in [-0.39, 0.29) is 23.8 Å². The van der Waals surface area contributed by atoms with Gasteiger partial charge >= 0.3 is 0 Å². The van der Waals surface area contributed by atoms with Crippen molar-refractivity contribution in [2.75, 3.05) is 7.11 Å². The van der Waals surface area contributed by atoms with Crippen molar-refractivity contribution in [3.8, 4) is 11.5 Å². The number of ether oxygens (including phenoxy) is 2. The number of hydrogen-bond acceptors (Lipinski definition) is 5. The zero-order valence-corrected chi connectivity index (χ0v) is 17.2. The lowest BCUT2D eigenvalue weighted by molar-refractivity contribution is -0.123. The number of thioether (sulfide) groups is 1.